The molecular formula is C11H23NO3Si. The zero-order chi connectivity index (χ0) is 12.3. The number of isocyanates is 1. The van der Waals surface area contributed by atoms with Crippen LogP contribution in [-0.2, 0) is 13.6 Å². The van der Waals surface area contributed by atoms with E-state index in [0.29, 0.717) is 6.54 Å². The second-order valence-electron chi connectivity index (χ2n) is 3.91. The second kappa shape index (κ2) is 9.72. The van der Waals surface area contributed by atoms with Gasteiger partial charge in [-0.1, -0.05) is 13.8 Å². The van der Waals surface area contributed by atoms with E-state index >= 15 is 0 Å². The van der Waals surface area contributed by atoms with Crippen molar-refractivity contribution >= 4 is 14.6 Å². The minimum Gasteiger partial charge on any atom is -0.394 e. The molecule has 0 saturated carbocycles. The molecule has 0 rings (SSSR count). The molecule has 0 amide bonds. The Bertz CT molecular complexity index is 209. The first kappa shape index (κ1) is 15.5. The van der Waals surface area contributed by atoms with Crippen molar-refractivity contribution in [1.82, 2.24) is 0 Å². The quantitative estimate of drug-likeness (QED) is 0.257. The van der Waals surface area contributed by atoms with Crippen LogP contribution < -0.4 is 0 Å². The van der Waals surface area contributed by atoms with Gasteiger partial charge in [0.05, 0.1) is 6.54 Å². The summed E-state index contributed by atoms with van der Waals surface area (Å²) in [7, 11) is -2.03. The maximum Gasteiger partial charge on any atom is 0.334 e. The molecular weight excluding hydrogens is 222 g/mol. The van der Waals surface area contributed by atoms with Crippen molar-refractivity contribution < 1.29 is 13.6 Å². The average Bonchev–Trinajstić information content (AvgIpc) is 2.30. The lowest BCUT2D eigenvalue weighted by atomic mass is 10.5. The highest BCUT2D eigenvalue weighted by molar-refractivity contribution is 6.66. The molecule has 16 heavy (non-hydrogen) atoms. The number of carbonyl (C=O) groups excluding carboxylic acids is 1. The van der Waals surface area contributed by atoms with Gasteiger partial charge in [0, 0.05) is 13.2 Å². The zero-order valence-corrected chi connectivity index (χ0v) is 11.6. The Balaban J connectivity index is 4.00. The van der Waals surface area contributed by atoms with E-state index in [2.05, 4.69) is 25.4 Å². The van der Waals surface area contributed by atoms with E-state index in [-0.39, 0.29) is 0 Å². The van der Waals surface area contributed by atoms with E-state index in [0.717, 1.165) is 38.5 Å². The molecule has 0 radical (unpaired) electrons. The minimum atomic E-state index is -2.03. The van der Waals surface area contributed by atoms with Gasteiger partial charge in [-0.25, -0.2) is 9.79 Å². The van der Waals surface area contributed by atoms with E-state index in [1.807, 2.05) is 0 Å². The van der Waals surface area contributed by atoms with E-state index in [4.69, 9.17) is 8.85 Å². The van der Waals surface area contributed by atoms with E-state index in [1.165, 1.54) is 0 Å². The summed E-state index contributed by atoms with van der Waals surface area (Å²) in [5.41, 5.74) is 0. The van der Waals surface area contributed by atoms with Gasteiger partial charge in [-0.3, -0.25) is 0 Å². The first-order chi connectivity index (χ1) is 7.68. The smallest absolute Gasteiger partial charge is 0.334 e. The van der Waals surface area contributed by atoms with E-state index < -0.39 is 8.56 Å². The highest BCUT2D eigenvalue weighted by Gasteiger charge is 2.30. The SMILES string of the molecule is CCCO[Si](C)(CCCN=C=O)OCCC. The molecule has 0 bridgehead atoms. The third kappa shape index (κ3) is 7.76. The molecule has 0 heterocycles. The lowest BCUT2D eigenvalue weighted by Gasteiger charge is -2.26. The fourth-order valence-electron chi connectivity index (χ4n) is 1.35. The Kier molecular flexibility index (Phi) is 9.43. The Morgan fingerprint density at radius 3 is 2.19 bits per heavy atom. The van der Waals surface area contributed by atoms with Gasteiger partial charge in [-0.15, -0.1) is 0 Å². The zero-order valence-electron chi connectivity index (χ0n) is 10.6. The van der Waals surface area contributed by atoms with Crippen molar-refractivity contribution in [3.63, 3.8) is 0 Å². The Hall–Kier alpha value is -0.483. The maximum atomic E-state index is 9.93. The normalized spacial score (nSPS) is 11.2. The molecule has 0 unspecified atom stereocenters. The summed E-state index contributed by atoms with van der Waals surface area (Å²) >= 11 is 0. The summed E-state index contributed by atoms with van der Waals surface area (Å²) in [6, 6.07) is 0.887. The summed E-state index contributed by atoms with van der Waals surface area (Å²) in [6.07, 6.45) is 4.40. The molecule has 0 N–H and O–H groups in total. The molecule has 94 valence electrons. The topological polar surface area (TPSA) is 47.9 Å². The molecule has 0 aliphatic carbocycles. The predicted molar refractivity (Wildman–Crippen MR) is 66.5 cm³/mol. The average molecular weight is 245 g/mol. The fourth-order valence-corrected chi connectivity index (χ4v) is 3.79. The van der Waals surface area contributed by atoms with Crippen LogP contribution in [0.25, 0.3) is 0 Å². The number of rotatable bonds is 10. The molecule has 4 nitrogen and oxygen atoms in total. The van der Waals surface area contributed by atoms with Crippen LogP contribution in [-0.4, -0.2) is 34.4 Å². The summed E-state index contributed by atoms with van der Waals surface area (Å²) < 4.78 is 11.7. The number of nitrogens with zero attached hydrogens (tertiary/aromatic N) is 1. The van der Waals surface area contributed by atoms with Crippen LogP contribution in [0.4, 0.5) is 0 Å². The summed E-state index contributed by atoms with van der Waals surface area (Å²) in [5.74, 6) is 0. The molecule has 0 aromatic carbocycles. The van der Waals surface area contributed by atoms with Gasteiger partial charge in [0.25, 0.3) is 0 Å². The van der Waals surface area contributed by atoms with E-state index in [1.54, 1.807) is 6.08 Å². The number of hydrogen-bond donors (Lipinski definition) is 0. The van der Waals surface area contributed by atoms with Crippen molar-refractivity contribution in [3.8, 4) is 0 Å². The summed E-state index contributed by atoms with van der Waals surface area (Å²) in [5, 5.41) is 0. The van der Waals surface area contributed by atoms with Gasteiger partial charge in [-0.2, -0.15) is 0 Å². The lowest BCUT2D eigenvalue weighted by molar-refractivity contribution is 0.173. The van der Waals surface area contributed by atoms with Crippen LogP contribution in [0.5, 0.6) is 0 Å². The molecule has 0 atom stereocenters. The Labute approximate surface area is 99.3 Å². The van der Waals surface area contributed by atoms with Crippen LogP contribution in [0.1, 0.15) is 33.1 Å². The Morgan fingerprint density at radius 2 is 1.75 bits per heavy atom. The van der Waals surface area contributed by atoms with Crippen LogP contribution in [0.3, 0.4) is 0 Å². The third-order valence-electron chi connectivity index (χ3n) is 2.19. The van der Waals surface area contributed by atoms with E-state index in [9.17, 15) is 4.79 Å². The van der Waals surface area contributed by atoms with Crippen molar-refractivity contribution in [2.75, 3.05) is 19.8 Å². The largest absolute Gasteiger partial charge is 0.394 e. The lowest BCUT2D eigenvalue weighted by Crippen LogP contribution is -2.39. The van der Waals surface area contributed by atoms with Gasteiger partial charge < -0.3 is 8.85 Å². The third-order valence-corrected chi connectivity index (χ3v) is 5.08. The monoisotopic (exact) mass is 245 g/mol. The van der Waals surface area contributed by atoms with Gasteiger partial charge in [0.2, 0.25) is 6.08 Å². The van der Waals surface area contributed by atoms with Crippen molar-refractivity contribution in [2.45, 2.75) is 45.7 Å². The molecule has 0 saturated heterocycles. The molecule has 0 aromatic rings. The van der Waals surface area contributed by atoms with Gasteiger partial charge in [0.1, 0.15) is 0 Å². The fraction of sp³-hybridized carbons (Fsp3) is 0.909. The highest BCUT2D eigenvalue weighted by Crippen LogP contribution is 2.16. The first-order valence-corrected chi connectivity index (χ1v) is 8.52. The maximum absolute atomic E-state index is 9.93. The number of aliphatic imine (C=N–C) groups is 1. The van der Waals surface area contributed by atoms with Gasteiger partial charge in [0.15, 0.2) is 0 Å². The molecule has 0 spiro atoms. The first-order valence-electron chi connectivity index (χ1n) is 6.00. The van der Waals surface area contributed by atoms with Crippen LogP contribution in [0, 0.1) is 0 Å². The van der Waals surface area contributed by atoms with Crippen molar-refractivity contribution in [1.29, 1.82) is 0 Å². The van der Waals surface area contributed by atoms with Crippen LogP contribution in [0.2, 0.25) is 12.6 Å². The molecule has 0 fully saturated rings. The van der Waals surface area contributed by atoms with Crippen LogP contribution >= 0.6 is 0 Å². The standard InChI is InChI=1S/C11H23NO3Si/c1-4-8-14-16(3,15-9-5-2)10-6-7-12-11-13/h4-10H2,1-3H3. The molecule has 0 aliphatic heterocycles. The second-order valence-corrected chi connectivity index (χ2v) is 7.25. The van der Waals surface area contributed by atoms with Gasteiger partial charge in [-0.05, 0) is 31.9 Å². The van der Waals surface area contributed by atoms with Crippen molar-refractivity contribution in [3.05, 3.63) is 0 Å². The molecule has 0 aromatic heterocycles. The minimum absolute atomic E-state index is 0.525. The molecule has 5 heteroatoms. The number of hydrogen-bond acceptors (Lipinski definition) is 4. The predicted octanol–water partition coefficient (Wildman–Crippen LogP) is 2.64. The highest BCUT2D eigenvalue weighted by atomic mass is 28.4. The van der Waals surface area contributed by atoms with Crippen LogP contribution in [0.15, 0.2) is 4.99 Å². The van der Waals surface area contributed by atoms with Crippen molar-refractivity contribution in [2.24, 2.45) is 4.99 Å². The van der Waals surface area contributed by atoms with Gasteiger partial charge >= 0.3 is 8.56 Å². The summed E-state index contributed by atoms with van der Waals surface area (Å²) in [4.78, 5) is 13.5. The molecule has 0 aliphatic rings. The Morgan fingerprint density at radius 1 is 1.19 bits per heavy atom. The summed E-state index contributed by atoms with van der Waals surface area (Å²) in [6.45, 7) is 8.30.